The Kier molecular flexibility index (Phi) is 5.76. The summed E-state index contributed by atoms with van der Waals surface area (Å²) in [5.74, 6) is 2.53. The number of hydrogen-bond acceptors (Lipinski definition) is 3. The van der Waals surface area contributed by atoms with Gasteiger partial charge in [0.1, 0.15) is 0 Å². The molecule has 1 aromatic carbocycles. The Balaban J connectivity index is 1.03. The summed E-state index contributed by atoms with van der Waals surface area (Å²) >= 11 is 5.97. The molecule has 4 saturated carbocycles. The molecule has 4 bridgehead atoms. The van der Waals surface area contributed by atoms with Crippen LogP contribution >= 0.6 is 11.6 Å². The zero-order valence-corrected chi connectivity index (χ0v) is 18.9. The van der Waals surface area contributed by atoms with Gasteiger partial charge in [0.2, 0.25) is 5.91 Å². The number of anilines is 1. The Morgan fingerprint density at radius 1 is 0.935 bits per heavy atom. The third-order valence-electron chi connectivity index (χ3n) is 7.87. The maximum absolute atomic E-state index is 12.6. The lowest BCUT2D eigenvalue weighted by Gasteiger charge is -2.56. The smallest absolute Gasteiger partial charge is 0.315 e. The van der Waals surface area contributed by atoms with Crippen LogP contribution in [0.4, 0.5) is 10.5 Å². The molecule has 1 saturated heterocycles. The quantitative estimate of drug-likeness (QED) is 0.728. The number of piperazine rings is 1. The molecule has 5 fully saturated rings. The highest BCUT2D eigenvalue weighted by Crippen LogP contribution is 2.55. The van der Waals surface area contributed by atoms with Crippen molar-refractivity contribution in [3.8, 4) is 0 Å². The Labute approximate surface area is 189 Å². The van der Waals surface area contributed by atoms with E-state index in [1.54, 1.807) is 0 Å². The minimum absolute atomic E-state index is 0.0147. The van der Waals surface area contributed by atoms with Gasteiger partial charge in [0.05, 0.1) is 0 Å². The summed E-state index contributed by atoms with van der Waals surface area (Å²) in [6.07, 6.45) is 7.87. The molecule has 4 aliphatic carbocycles. The lowest BCUT2D eigenvalue weighted by atomic mass is 9.53. The van der Waals surface area contributed by atoms with Gasteiger partial charge in [0.25, 0.3) is 0 Å². The average Bonchev–Trinajstić information content (AvgIpc) is 2.73. The lowest BCUT2D eigenvalue weighted by Crippen LogP contribution is -2.61. The van der Waals surface area contributed by atoms with E-state index in [1.165, 1.54) is 19.3 Å². The van der Waals surface area contributed by atoms with Crippen LogP contribution in [-0.4, -0.2) is 55.1 Å². The van der Waals surface area contributed by atoms with E-state index in [0.29, 0.717) is 26.1 Å². The number of nitrogens with one attached hydrogen (secondary N) is 2. The number of halogens is 1. The Morgan fingerprint density at radius 2 is 1.52 bits per heavy atom. The summed E-state index contributed by atoms with van der Waals surface area (Å²) in [7, 11) is 0. The number of carbonyl (C=O) groups excluding carboxylic acids is 2. The van der Waals surface area contributed by atoms with Crippen LogP contribution in [0.1, 0.15) is 44.9 Å². The molecule has 0 atom stereocenters. The minimum Gasteiger partial charge on any atom is -0.368 e. The maximum Gasteiger partial charge on any atom is 0.315 e. The second kappa shape index (κ2) is 8.53. The topological polar surface area (TPSA) is 64.7 Å². The first-order chi connectivity index (χ1) is 15.0. The van der Waals surface area contributed by atoms with Crippen molar-refractivity contribution < 1.29 is 9.59 Å². The van der Waals surface area contributed by atoms with Gasteiger partial charge in [0.15, 0.2) is 0 Å². The zero-order valence-electron chi connectivity index (χ0n) is 18.1. The molecule has 0 aromatic heterocycles. The van der Waals surface area contributed by atoms with Gasteiger partial charge in [-0.25, -0.2) is 4.79 Å². The highest BCUT2D eigenvalue weighted by Gasteiger charge is 2.51. The number of hydrogen-bond donors (Lipinski definition) is 2. The monoisotopic (exact) mass is 444 g/mol. The van der Waals surface area contributed by atoms with Crippen LogP contribution in [0.5, 0.6) is 0 Å². The third kappa shape index (κ3) is 4.64. The summed E-state index contributed by atoms with van der Waals surface area (Å²) in [6, 6.07) is 7.74. The average molecular weight is 445 g/mol. The first-order valence-electron chi connectivity index (χ1n) is 11.8. The van der Waals surface area contributed by atoms with Gasteiger partial charge in [-0.1, -0.05) is 11.6 Å². The highest BCUT2D eigenvalue weighted by molar-refractivity contribution is 6.30. The summed E-state index contributed by atoms with van der Waals surface area (Å²) in [6.45, 7) is 3.44. The van der Waals surface area contributed by atoms with E-state index < -0.39 is 0 Å². The molecule has 0 radical (unpaired) electrons. The molecule has 6 rings (SSSR count). The van der Waals surface area contributed by atoms with Gasteiger partial charge < -0.3 is 20.4 Å². The van der Waals surface area contributed by atoms with Crippen molar-refractivity contribution in [1.82, 2.24) is 15.5 Å². The van der Waals surface area contributed by atoms with E-state index in [2.05, 4.69) is 15.5 Å². The lowest BCUT2D eigenvalue weighted by molar-refractivity contribution is -0.131. The summed E-state index contributed by atoms with van der Waals surface area (Å²) in [4.78, 5) is 29.3. The molecule has 5 aliphatic rings. The molecule has 2 N–H and O–H groups in total. The minimum atomic E-state index is -0.0951. The molecule has 3 amide bonds. The predicted molar refractivity (Wildman–Crippen MR) is 122 cm³/mol. The first-order valence-corrected chi connectivity index (χ1v) is 12.2. The SMILES string of the molecule is O=C(NCCC(=O)N1CCN(c2ccc(Cl)cc2)CC1)NC12CC3CC(CC(C3)C1)C2. The van der Waals surface area contributed by atoms with Crippen molar-refractivity contribution >= 4 is 29.2 Å². The van der Waals surface area contributed by atoms with E-state index >= 15 is 0 Å². The fourth-order valence-electron chi connectivity index (χ4n) is 6.86. The molecular formula is C24H33ClN4O2. The van der Waals surface area contributed by atoms with Crippen LogP contribution in [-0.2, 0) is 4.79 Å². The zero-order chi connectivity index (χ0) is 21.4. The standard InChI is InChI=1S/C24H33ClN4O2/c25-20-1-3-21(4-2-20)28-7-9-29(10-8-28)22(30)5-6-26-23(31)27-24-14-17-11-18(15-24)13-19(12-17)16-24/h1-4,17-19H,5-16H2,(H2,26,27,31). The maximum atomic E-state index is 12.6. The number of urea groups is 1. The van der Waals surface area contributed by atoms with Gasteiger partial charge in [-0.05, 0) is 80.5 Å². The predicted octanol–water partition coefficient (Wildman–Crippen LogP) is 3.65. The fraction of sp³-hybridized carbons (Fsp3) is 0.667. The molecule has 168 valence electrons. The largest absolute Gasteiger partial charge is 0.368 e. The van der Waals surface area contributed by atoms with Crippen LogP contribution in [0.2, 0.25) is 5.02 Å². The van der Waals surface area contributed by atoms with Crippen LogP contribution < -0.4 is 15.5 Å². The fourth-order valence-corrected chi connectivity index (χ4v) is 6.98. The summed E-state index contributed by atoms with van der Waals surface area (Å²) < 4.78 is 0. The number of benzene rings is 1. The second-order valence-corrected chi connectivity index (χ2v) is 10.6. The molecular weight excluding hydrogens is 412 g/mol. The van der Waals surface area contributed by atoms with Crippen LogP contribution in [0, 0.1) is 17.8 Å². The van der Waals surface area contributed by atoms with Gasteiger partial charge in [-0.15, -0.1) is 0 Å². The van der Waals surface area contributed by atoms with Gasteiger partial charge in [-0.3, -0.25) is 4.79 Å². The Hall–Kier alpha value is -1.95. The van der Waals surface area contributed by atoms with Gasteiger partial charge in [0, 0.05) is 55.4 Å². The van der Waals surface area contributed by atoms with Crippen molar-refractivity contribution in [2.75, 3.05) is 37.6 Å². The summed E-state index contributed by atoms with van der Waals surface area (Å²) in [5, 5.41) is 7.00. The van der Waals surface area contributed by atoms with Crippen molar-refractivity contribution in [2.45, 2.75) is 50.5 Å². The number of rotatable bonds is 5. The molecule has 6 nitrogen and oxygen atoms in total. The van der Waals surface area contributed by atoms with Crippen molar-refractivity contribution in [2.24, 2.45) is 17.8 Å². The van der Waals surface area contributed by atoms with Crippen LogP contribution in [0.25, 0.3) is 0 Å². The second-order valence-electron chi connectivity index (χ2n) is 10.2. The van der Waals surface area contributed by atoms with Crippen LogP contribution in [0.3, 0.4) is 0 Å². The molecule has 31 heavy (non-hydrogen) atoms. The van der Waals surface area contributed by atoms with Crippen molar-refractivity contribution in [3.63, 3.8) is 0 Å². The molecule has 0 spiro atoms. The van der Waals surface area contributed by atoms with Gasteiger partial charge in [-0.2, -0.15) is 0 Å². The molecule has 1 aromatic rings. The van der Waals surface area contributed by atoms with Crippen LogP contribution in [0.15, 0.2) is 24.3 Å². The van der Waals surface area contributed by atoms with E-state index in [1.807, 2.05) is 29.2 Å². The van der Waals surface area contributed by atoms with E-state index in [-0.39, 0.29) is 17.5 Å². The number of carbonyl (C=O) groups is 2. The van der Waals surface area contributed by atoms with E-state index in [9.17, 15) is 9.59 Å². The highest BCUT2D eigenvalue weighted by atomic mass is 35.5. The first kappa shape index (κ1) is 20.9. The van der Waals surface area contributed by atoms with Crippen molar-refractivity contribution in [3.05, 3.63) is 29.3 Å². The van der Waals surface area contributed by atoms with E-state index in [4.69, 9.17) is 11.6 Å². The molecule has 7 heteroatoms. The van der Waals surface area contributed by atoms with Gasteiger partial charge >= 0.3 is 6.03 Å². The normalized spacial score (nSPS) is 31.6. The molecule has 1 aliphatic heterocycles. The number of amides is 3. The van der Waals surface area contributed by atoms with Crippen molar-refractivity contribution in [1.29, 1.82) is 0 Å². The Morgan fingerprint density at radius 3 is 2.10 bits per heavy atom. The molecule has 0 unspecified atom stereocenters. The molecule has 1 heterocycles. The Bertz CT molecular complexity index is 784. The third-order valence-corrected chi connectivity index (χ3v) is 8.12. The summed E-state index contributed by atoms with van der Waals surface area (Å²) in [5.41, 5.74) is 1.15. The van der Waals surface area contributed by atoms with E-state index in [0.717, 1.165) is 60.8 Å². The number of nitrogens with zero attached hydrogens (tertiary/aromatic N) is 2.